The van der Waals surface area contributed by atoms with Crippen molar-refractivity contribution in [3.05, 3.63) is 23.5 Å². The van der Waals surface area contributed by atoms with Crippen molar-refractivity contribution in [3.8, 4) is 0 Å². The van der Waals surface area contributed by atoms with E-state index in [4.69, 9.17) is 0 Å². The molecular weight excluding hydrogens is 362 g/mol. The number of rotatable bonds is 23. The lowest BCUT2D eigenvalue weighted by molar-refractivity contribution is 0.543. The number of nitrogens with one attached hydrogen (secondary N) is 1. The van der Waals surface area contributed by atoms with Crippen LogP contribution in [-0.4, -0.2) is 4.98 Å². The van der Waals surface area contributed by atoms with Gasteiger partial charge in [0, 0.05) is 12.4 Å². The summed E-state index contributed by atoms with van der Waals surface area (Å²) >= 11 is 0. The van der Waals surface area contributed by atoms with Gasteiger partial charge in [-0.3, -0.25) is 0 Å². The molecule has 1 heteroatoms. The predicted octanol–water partition coefficient (Wildman–Crippen LogP) is 10.3. The van der Waals surface area contributed by atoms with Crippen LogP contribution in [0.15, 0.2) is 12.4 Å². The molecule has 30 heavy (non-hydrogen) atoms. The molecule has 0 radical (unpaired) electrons. The van der Waals surface area contributed by atoms with Crippen LogP contribution in [0.2, 0.25) is 0 Å². The molecule has 0 spiro atoms. The van der Waals surface area contributed by atoms with Crippen molar-refractivity contribution in [2.45, 2.75) is 162 Å². The Kier molecular flexibility index (Phi) is 19.6. The largest absolute Gasteiger partial charge is 0.367 e. The van der Waals surface area contributed by atoms with Crippen molar-refractivity contribution in [1.29, 1.82) is 0 Å². The molecular formula is C29H55N. The van der Waals surface area contributed by atoms with E-state index in [-0.39, 0.29) is 0 Å². The Balaban J connectivity index is 1.91. The molecule has 0 aliphatic carbocycles. The van der Waals surface area contributed by atoms with Gasteiger partial charge in [-0.2, -0.15) is 0 Å². The second kappa shape index (κ2) is 21.5. The highest BCUT2D eigenvalue weighted by Gasteiger charge is 2.04. The molecule has 1 heterocycles. The van der Waals surface area contributed by atoms with Gasteiger partial charge in [0.05, 0.1) is 0 Å². The third-order valence-corrected chi connectivity index (χ3v) is 6.78. The molecule has 176 valence electrons. The van der Waals surface area contributed by atoms with E-state index < -0.39 is 0 Å². The fourth-order valence-electron chi connectivity index (χ4n) is 4.68. The molecule has 0 aliphatic heterocycles. The molecule has 0 saturated heterocycles. The van der Waals surface area contributed by atoms with Gasteiger partial charge in [-0.15, -0.1) is 0 Å². The Morgan fingerprint density at radius 1 is 0.400 bits per heavy atom. The first-order valence-electron chi connectivity index (χ1n) is 14.0. The Hall–Kier alpha value is -0.720. The Morgan fingerprint density at radius 3 is 0.967 bits per heavy atom. The number of unbranched alkanes of at least 4 members (excludes halogenated alkanes) is 19. The van der Waals surface area contributed by atoms with E-state index in [0.29, 0.717) is 0 Å². The van der Waals surface area contributed by atoms with Crippen molar-refractivity contribution in [2.24, 2.45) is 0 Å². The maximum atomic E-state index is 3.37. The molecule has 1 aromatic rings. The van der Waals surface area contributed by atoms with E-state index in [1.807, 2.05) is 0 Å². The standard InChI is InChI=1S/C29H55N/c1-3-5-7-9-11-13-14-15-17-19-21-23-25-29-27-30-26-28(29)24-22-20-18-16-12-10-8-6-4-2/h26-27,30H,3-25H2,1-2H3. The number of aromatic nitrogens is 1. The molecule has 0 atom stereocenters. The second-order valence-electron chi connectivity index (χ2n) is 9.72. The van der Waals surface area contributed by atoms with Crippen LogP contribution < -0.4 is 0 Å². The lowest BCUT2D eigenvalue weighted by atomic mass is 10.00. The van der Waals surface area contributed by atoms with Gasteiger partial charge >= 0.3 is 0 Å². The van der Waals surface area contributed by atoms with Crippen molar-refractivity contribution in [2.75, 3.05) is 0 Å². The summed E-state index contributed by atoms with van der Waals surface area (Å²) in [5, 5.41) is 0. The molecule has 0 bridgehead atoms. The number of H-pyrrole nitrogens is 1. The predicted molar refractivity (Wildman–Crippen MR) is 137 cm³/mol. The van der Waals surface area contributed by atoms with E-state index in [9.17, 15) is 0 Å². The zero-order chi connectivity index (χ0) is 21.5. The monoisotopic (exact) mass is 417 g/mol. The van der Waals surface area contributed by atoms with Crippen molar-refractivity contribution in [3.63, 3.8) is 0 Å². The van der Waals surface area contributed by atoms with Crippen LogP contribution in [-0.2, 0) is 12.8 Å². The minimum absolute atomic E-state index is 1.28. The number of hydrogen-bond acceptors (Lipinski definition) is 0. The van der Waals surface area contributed by atoms with Crippen molar-refractivity contribution >= 4 is 0 Å². The van der Waals surface area contributed by atoms with Crippen LogP contribution >= 0.6 is 0 Å². The number of hydrogen-bond donors (Lipinski definition) is 1. The SMILES string of the molecule is CCCCCCCCCCCCCCc1c[nH]cc1CCCCCCCCCCC. The third kappa shape index (κ3) is 16.0. The lowest BCUT2D eigenvalue weighted by Crippen LogP contribution is -1.92. The molecule has 0 fully saturated rings. The van der Waals surface area contributed by atoms with Crippen molar-refractivity contribution < 1.29 is 0 Å². The molecule has 1 aromatic heterocycles. The molecule has 1 nitrogen and oxygen atoms in total. The fourth-order valence-corrected chi connectivity index (χ4v) is 4.68. The Bertz CT molecular complexity index is 447. The summed E-state index contributed by atoms with van der Waals surface area (Å²) < 4.78 is 0. The number of aromatic amines is 1. The van der Waals surface area contributed by atoms with E-state index in [1.54, 1.807) is 11.1 Å². The Morgan fingerprint density at radius 2 is 0.667 bits per heavy atom. The molecule has 0 aliphatic rings. The van der Waals surface area contributed by atoms with Crippen LogP contribution in [0.1, 0.15) is 160 Å². The second-order valence-corrected chi connectivity index (χ2v) is 9.72. The number of aryl methyl sites for hydroxylation is 2. The van der Waals surface area contributed by atoms with Crippen LogP contribution in [0, 0.1) is 0 Å². The lowest BCUT2D eigenvalue weighted by Gasteiger charge is -2.06. The highest BCUT2D eigenvalue weighted by atomic mass is 14.6. The topological polar surface area (TPSA) is 15.8 Å². The summed E-state index contributed by atoms with van der Waals surface area (Å²) in [6.45, 7) is 4.60. The zero-order valence-electron chi connectivity index (χ0n) is 20.9. The highest BCUT2D eigenvalue weighted by molar-refractivity contribution is 5.23. The third-order valence-electron chi connectivity index (χ3n) is 6.78. The van der Waals surface area contributed by atoms with Crippen molar-refractivity contribution in [1.82, 2.24) is 4.98 Å². The summed E-state index contributed by atoms with van der Waals surface area (Å²) in [4.78, 5) is 3.37. The normalized spacial score (nSPS) is 11.4. The zero-order valence-corrected chi connectivity index (χ0v) is 20.9. The average Bonchev–Trinajstić information content (AvgIpc) is 3.20. The summed E-state index contributed by atoms with van der Waals surface area (Å²) in [5.74, 6) is 0. The summed E-state index contributed by atoms with van der Waals surface area (Å²) in [5.41, 5.74) is 3.20. The fraction of sp³-hybridized carbons (Fsp3) is 0.862. The van der Waals surface area contributed by atoms with Gasteiger partial charge in [-0.1, -0.05) is 136 Å². The van der Waals surface area contributed by atoms with Crippen LogP contribution in [0.25, 0.3) is 0 Å². The van der Waals surface area contributed by atoms with Crippen LogP contribution in [0.3, 0.4) is 0 Å². The first kappa shape index (κ1) is 27.3. The van der Waals surface area contributed by atoms with E-state index in [1.165, 1.54) is 148 Å². The first-order valence-corrected chi connectivity index (χ1v) is 14.0. The molecule has 0 unspecified atom stereocenters. The van der Waals surface area contributed by atoms with Gasteiger partial charge in [0.2, 0.25) is 0 Å². The summed E-state index contributed by atoms with van der Waals surface area (Å²) in [6, 6.07) is 0. The van der Waals surface area contributed by atoms with E-state index >= 15 is 0 Å². The quantitative estimate of drug-likeness (QED) is 0.170. The van der Waals surface area contributed by atoms with Gasteiger partial charge in [-0.05, 0) is 36.8 Å². The van der Waals surface area contributed by atoms with Gasteiger partial charge in [0.15, 0.2) is 0 Å². The highest BCUT2D eigenvalue weighted by Crippen LogP contribution is 2.18. The summed E-state index contributed by atoms with van der Waals surface area (Å²) in [6.07, 6.45) is 37.2. The average molecular weight is 418 g/mol. The minimum Gasteiger partial charge on any atom is -0.367 e. The van der Waals surface area contributed by atoms with Gasteiger partial charge in [0.1, 0.15) is 0 Å². The van der Waals surface area contributed by atoms with Gasteiger partial charge < -0.3 is 4.98 Å². The first-order chi connectivity index (χ1) is 14.9. The van der Waals surface area contributed by atoms with E-state index in [2.05, 4.69) is 31.2 Å². The van der Waals surface area contributed by atoms with Crippen LogP contribution in [0.4, 0.5) is 0 Å². The van der Waals surface area contributed by atoms with Crippen LogP contribution in [0.5, 0.6) is 0 Å². The maximum Gasteiger partial charge on any atom is 0.00401 e. The molecule has 1 N–H and O–H groups in total. The molecule has 0 aromatic carbocycles. The molecule has 1 rings (SSSR count). The maximum absolute atomic E-state index is 3.37. The minimum atomic E-state index is 1.28. The molecule has 0 amide bonds. The van der Waals surface area contributed by atoms with E-state index in [0.717, 1.165) is 0 Å². The smallest absolute Gasteiger partial charge is 0.00401 e. The summed E-state index contributed by atoms with van der Waals surface area (Å²) in [7, 11) is 0. The van der Waals surface area contributed by atoms with Gasteiger partial charge in [0.25, 0.3) is 0 Å². The van der Waals surface area contributed by atoms with Gasteiger partial charge in [-0.25, -0.2) is 0 Å². The molecule has 0 saturated carbocycles. The Labute approximate surface area is 190 Å².